The number of nitrogens with zero attached hydrogens (tertiary/aromatic N) is 1. The number of nitrogens with one attached hydrogen (secondary N) is 1. The number of anilines is 1. The van der Waals surface area contributed by atoms with E-state index >= 15 is 0 Å². The van der Waals surface area contributed by atoms with Gasteiger partial charge in [-0.05, 0) is 69.0 Å². The second kappa shape index (κ2) is 8.13. The highest BCUT2D eigenvalue weighted by atomic mass is 32.2. The summed E-state index contributed by atoms with van der Waals surface area (Å²) in [6.07, 6.45) is 1.11. The Kier molecular flexibility index (Phi) is 6.31. The molecule has 0 aliphatic heterocycles. The quantitative estimate of drug-likeness (QED) is 0.821. The van der Waals surface area contributed by atoms with Crippen LogP contribution in [0.25, 0.3) is 0 Å². The number of hydrogen-bond donors (Lipinski definition) is 1. The average molecular weight is 389 g/mol. The zero-order valence-corrected chi connectivity index (χ0v) is 17.6. The van der Waals surface area contributed by atoms with Gasteiger partial charge in [0, 0.05) is 0 Å². The fourth-order valence-electron chi connectivity index (χ4n) is 3.24. The van der Waals surface area contributed by atoms with E-state index in [9.17, 15) is 13.2 Å². The van der Waals surface area contributed by atoms with E-state index < -0.39 is 16.1 Å². The number of sulfonamides is 1. The number of benzene rings is 2. The van der Waals surface area contributed by atoms with E-state index in [-0.39, 0.29) is 11.9 Å². The Morgan fingerprint density at radius 2 is 1.52 bits per heavy atom. The van der Waals surface area contributed by atoms with E-state index in [0.717, 1.165) is 27.3 Å². The van der Waals surface area contributed by atoms with Crippen molar-refractivity contribution in [1.82, 2.24) is 5.32 Å². The Bertz CT molecular complexity index is 924. The Morgan fingerprint density at radius 1 is 0.963 bits per heavy atom. The van der Waals surface area contributed by atoms with Crippen LogP contribution >= 0.6 is 0 Å². The number of carbonyl (C=O) groups is 1. The van der Waals surface area contributed by atoms with Gasteiger partial charge in [0.15, 0.2) is 0 Å². The Morgan fingerprint density at radius 3 is 2.07 bits per heavy atom. The van der Waals surface area contributed by atoms with Crippen LogP contribution in [0.1, 0.15) is 42.1 Å². The first-order valence-corrected chi connectivity index (χ1v) is 10.8. The van der Waals surface area contributed by atoms with Crippen LogP contribution in [0.15, 0.2) is 42.5 Å². The smallest absolute Gasteiger partial charge is 0.244 e. The number of carbonyl (C=O) groups excluding carboxylic acids is 1. The number of amides is 1. The number of para-hydroxylation sites is 1. The summed E-state index contributed by atoms with van der Waals surface area (Å²) >= 11 is 0. The molecular weight excluding hydrogens is 360 g/mol. The molecule has 1 N–H and O–H groups in total. The van der Waals surface area contributed by atoms with Gasteiger partial charge >= 0.3 is 0 Å². The van der Waals surface area contributed by atoms with Crippen molar-refractivity contribution in [2.75, 3.05) is 10.6 Å². The molecule has 146 valence electrons. The topological polar surface area (TPSA) is 66.5 Å². The lowest BCUT2D eigenvalue weighted by atomic mass is 9.96. The largest absolute Gasteiger partial charge is 0.348 e. The van der Waals surface area contributed by atoms with Gasteiger partial charge in [0.25, 0.3) is 0 Å². The molecule has 2 atom stereocenters. The molecule has 27 heavy (non-hydrogen) atoms. The molecule has 2 aromatic rings. The molecule has 0 fully saturated rings. The highest BCUT2D eigenvalue weighted by Crippen LogP contribution is 2.23. The zero-order valence-electron chi connectivity index (χ0n) is 16.8. The molecule has 5 nitrogen and oxygen atoms in total. The third kappa shape index (κ3) is 4.89. The molecule has 2 aromatic carbocycles. The third-order valence-corrected chi connectivity index (χ3v) is 6.05. The minimum atomic E-state index is -3.61. The number of hydrogen-bond acceptors (Lipinski definition) is 3. The van der Waals surface area contributed by atoms with E-state index in [1.165, 1.54) is 5.56 Å². The first-order valence-electron chi connectivity index (χ1n) is 8.95. The molecule has 0 aliphatic carbocycles. The molecule has 0 spiro atoms. The predicted molar refractivity (Wildman–Crippen MR) is 110 cm³/mol. The zero-order chi connectivity index (χ0) is 20.4. The van der Waals surface area contributed by atoms with Gasteiger partial charge in [0.1, 0.15) is 6.04 Å². The maximum absolute atomic E-state index is 12.8. The second-order valence-corrected chi connectivity index (χ2v) is 8.95. The highest BCUT2D eigenvalue weighted by Gasteiger charge is 2.29. The van der Waals surface area contributed by atoms with Gasteiger partial charge in [-0.2, -0.15) is 0 Å². The lowest BCUT2D eigenvalue weighted by molar-refractivity contribution is -0.122. The second-order valence-electron chi connectivity index (χ2n) is 7.09. The van der Waals surface area contributed by atoms with E-state index in [0.29, 0.717) is 5.69 Å². The lowest BCUT2D eigenvalue weighted by Crippen LogP contribution is -2.48. The van der Waals surface area contributed by atoms with E-state index in [1.807, 2.05) is 20.8 Å². The third-order valence-electron chi connectivity index (χ3n) is 4.81. The predicted octanol–water partition coefficient (Wildman–Crippen LogP) is 3.64. The van der Waals surface area contributed by atoms with Crippen molar-refractivity contribution >= 4 is 21.6 Å². The average Bonchev–Trinajstić information content (AvgIpc) is 2.57. The summed E-state index contributed by atoms with van der Waals surface area (Å²) in [6.45, 7) is 9.62. The van der Waals surface area contributed by atoms with Crippen LogP contribution in [-0.2, 0) is 14.8 Å². The van der Waals surface area contributed by atoms with Crippen LogP contribution in [-0.4, -0.2) is 26.6 Å². The van der Waals surface area contributed by atoms with Crippen LogP contribution in [0, 0.1) is 20.8 Å². The van der Waals surface area contributed by atoms with Gasteiger partial charge in [0.2, 0.25) is 15.9 Å². The van der Waals surface area contributed by atoms with Crippen molar-refractivity contribution in [3.63, 3.8) is 0 Å². The summed E-state index contributed by atoms with van der Waals surface area (Å²) in [4.78, 5) is 12.8. The van der Waals surface area contributed by atoms with Crippen LogP contribution in [0.3, 0.4) is 0 Å². The monoisotopic (exact) mass is 388 g/mol. The molecule has 0 heterocycles. The molecule has 0 saturated carbocycles. The first-order chi connectivity index (χ1) is 12.5. The Labute approximate surface area is 162 Å². The minimum absolute atomic E-state index is 0.226. The molecule has 0 aromatic heterocycles. The molecule has 0 bridgehead atoms. The van der Waals surface area contributed by atoms with Gasteiger partial charge in [-0.1, -0.05) is 30.3 Å². The molecule has 0 saturated heterocycles. The fraction of sp³-hybridized carbons (Fsp3) is 0.381. The first kappa shape index (κ1) is 21.0. The fourth-order valence-corrected chi connectivity index (χ4v) is 4.42. The molecule has 0 aliphatic rings. The molecule has 6 heteroatoms. The minimum Gasteiger partial charge on any atom is -0.348 e. The van der Waals surface area contributed by atoms with Gasteiger partial charge in [0.05, 0.1) is 18.0 Å². The molecule has 2 rings (SSSR count). The van der Waals surface area contributed by atoms with Crippen molar-refractivity contribution in [2.45, 2.75) is 46.7 Å². The SMILES string of the molecule is Cc1cc(C)c([C@H](C)NC(=O)[C@H](C)N(c2ccccc2)S(C)(=O)=O)cc1C. The summed E-state index contributed by atoms with van der Waals surface area (Å²) in [7, 11) is -3.61. The number of rotatable bonds is 6. The Balaban J connectivity index is 2.27. The summed E-state index contributed by atoms with van der Waals surface area (Å²) in [5.41, 5.74) is 4.96. The van der Waals surface area contributed by atoms with Crippen LogP contribution < -0.4 is 9.62 Å². The van der Waals surface area contributed by atoms with Crippen molar-refractivity contribution in [3.05, 3.63) is 64.7 Å². The molecule has 1 amide bonds. The highest BCUT2D eigenvalue weighted by molar-refractivity contribution is 7.92. The van der Waals surface area contributed by atoms with E-state index in [1.54, 1.807) is 37.3 Å². The van der Waals surface area contributed by atoms with Crippen molar-refractivity contribution < 1.29 is 13.2 Å². The van der Waals surface area contributed by atoms with Crippen LogP contribution in [0.4, 0.5) is 5.69 Å². The van der Waals surface area contributed by atoms with Gasteiger partial charge in [-0.15, -0.1) is 0 Å². The lowest BCUT2D eigenvalue weighted by Gasteiger charge is -2.29. The van der Waals surface area contributed by atoms with Crippen LogP contribution in [0.5, 0.6) is 0 Å². The van der Waals surface area contributed by atoms with Gasteiger partial charge < -0.3 is 5.32 Å². The molecule has 0 unspecified atom stereocenters. The van der Waals surface area contributed by atoms with Gasteiger partial charge in [-0.3, -0.25) is 9.10 Å². The number of aryl methyl sites for hydroxylation is 3. The van der Waals surface area contributed by atoms with Crippen molar-refractivity contribution in [3.8, 4) is 0 Å². The van der Waals surface area contributed by atoms with E-state index in [2.05, 4.69) is 24.4 Å². The van der Waals surface area contributed by atoms with Gasteiger partial charge in [-0.25, -0.2) is 8.42 Å². The van der Waals surface area contributed by atoms with E-state index in [4.69, 9.17) is 0 Å². The summed E-state index contributed by atoms with van der Waals surface area (Å²) in [5, 5.41) is 2.96. The Hall–Kier alpha value is -2.34. The molecular formula is C21H28N2O3S. The van der Waals surface area contributed by atoms with Crippen LogP contribution in [0.2, 0.25) is 0 Å². The normalized spacial score (nSPS) is 13.7. The van der Waals surface area contributed by atoms with Crippen molar-refractivity contribution in [1.29, 1.82) is 0 Å². The maximum Gasteiger partial charge on any atom is 0.244 e. The maximum atomic E-state index is 12.8. The van der Waals surface area contributed by atoms with Crippen molar-refractivity contribution in [2.24, 2.45) is 0 Å². The summed E-state index contributed by atoms with van der Waals surface area (Å²) in [5.74, 6) is -0.339. The standard InChI is InChI=1S/C21H28N2O3S/c1-14-12-16(3)20(13-15(14)2)17(4)22-21(24)18(5)23(27(6,25)26)19-10-8-7-9-11-19/h7-13,17-18H,1-6H3,(H,22,24)/t17-,18-/m0/s1. The molecule has 0 radical (unpaired) electrons. The summed E-state index contributed by atoms with van der Waals surface area (Å²) in [6, 6.07) is 11.8. The summed E-state index contributed by atoms with van der Waals surface area (Å²) < 4.78 is 25.8.